The van der Waals surface area contributed by atoms with Crippen LogP contribution in [0.3, 0.4) is 0 Å². The highest BCUT2D eigenvalue weighted by molar-refractivity contribution is 7.09. The predicted molar refractivity (Wildman–Crippen MR) is 70.7 cm³/mol. The number of hydrogen-bond acceptors (Lipinski definition) is 3. The van der Waals surface area contributed by atoms with Gasteiger partial charge >= 0.3 is 4.87 Å². The van der Waals surface area contributed by atoms with Crippen molar-refractivity contribution >= 4 is 11.3 Å². The van der Waals surface area contributed by atoms with Gasteiger partial charge in [0.15, 0.2) is 0 Å². The third-order valence-electron chi connectivity index (χ3n) is 3.58. The van der Waals surface area contributed by atoms with Crippen LogP contribution in [0.25, 0.3) is 0 Å². The van der Waals surface area contributed by atoms with Crippen molar-refractivity contribution in [3.63, 3.8) is 0 Å². The molecule has 1 aromatic rings. The van der Waals surface area contributed by atoms with E-state index < -0.39 is 0 Å². The highest BCUT2D eigenvalue weighted by atomic mass is 32.1. The van der Waals surface area contributed by atoms with Gasteiger partial charge in [-0.15, -0.1) is 0 Å². The van der Waals surface area contributed by atoms with Crippen LogP contribution in [-0.2, 0) is 19.4 Å². The first-order valence-electron chi connectivity index (χ1n) is 6.58. The molecule has 96 valence electrons. The first-order chi connectivity index (χ1) is 8.26. The van der Waals surface area contributed by atoms with Gasteiger partial charge in [-0.25, -0.2) is 0 Å². The fraction of sp³-hybridized carbons (Fsp3) is 0.769. The maximum Gasteiger partial charge on any atom is 0.307 e. The van der Waals surface area contributed by atoms with Gasteiger partial charge < -0.3 is 9.67 Å². The van der Waals surface area contributed by atoms with Gasteiger partial charge in [-0.3, -0.25) is 4.79 Å². The maximum atomic E-state index is 11.9. The Bertz CT molecular complexity index is 422. The Kier molecular flexibility index (Phi) is 4.40. The lowest BCUT2D eigenvalue weighted by Gasteiger charge is -2.22. The first kappa shape index (κ1) is 12.8. The fourth-order valence-corrected chi connectivity index (χ4v) is 3.90. The Balaban J connectivity index is 2.15. The van der Waals surface area contributed by atoms with E-state index in [2.05, 4.69) is 6.92 Å². The van der Waals surface area contributed by atoms with Crippen molar-refractivity contribution in [1.29, 1.82) is 0 Å². The van der Waals surface area contributed by atoms with Crippen molar-refractivity contribution in [2.45, 2.75) is 52.0 Å². The summed E-state index contributed by atoms with van der Waals surface area (Å²) in [7, 11) is 0. The van der Waals surface area contributed by atoms with Crippen LogP contribution >= 0.6 is 11.3 Å². The van der Waals surface area contributed by atoms with Crippen molar-refractivity contribution in [2.75, 3.05) is 6.61 Å². The molecule has 0 aromatic carbocycles. The van der Waals surface area contributed by atoms with E-state index in [4.69, 9.17) is 5.11 Å². The van der Waals surface area contributed by atoms with Crippen LogP contribution in [0.4, 0.5) is 0 Å². The van der Waals surface area contributed by atoms with Gasteiger partial charge in [0.1, 0.15) is 0 Å². The summed E-state index contributed by atoms with van der Waals surface area (Å²) in [4.78, 5) is 13.3. The Hall–Kier alpha value is -0.610. The summed E-state index contributed by atoms with van der Waals surface area (Å²) in [6.07, 6.45) is 6.55. The van der Waals surface area contributed by atoms with Gasteiger partial charge in [0, 0.05) is 23.7 Å². The Morgan fingerprint density at radius 1 is 1.53 bits per heavy atom. The Labute approximate surface area is 106 Å². The quantitative estimate of drug-likeness (QED) is 0.876. The van der Waals surface area contributed by atoms with E-state index in [1.807, 2.05) is 4.57 Å². The summed E-state index contributed by atoms with van der Waals surface area (Å²) in [6, 6.07) is 0. The minimum atomic E-state index is 0.162. The van der Waals surface area contributed by atoms with Gasteiger partial charge in [0.25, 0.3) is 0 Å². The maximum absolute atomic E-state index is 11.9. The molecule has 1 aliphatic carbocycles. The molecule has 1 atom stereocenters. The van der Waals surface area contributed by atoms with Crippen LogP contribution in [0.2, 0.25) is 0 Å². The molecule has 0 aliphatic heterocycles. The van der Waals surface area contributed by atoms with Crippen molar-refractivity contribution in [1.82, 2.24) is 4.57 Å². The molecule has 0 fully saturated rings. The van der Waals surface area contributed by atoms with E-state index in [-0.39, 0.29) is 11.5 Å². The SMILES string of the molecule is CCCC1CCc2c(sc(=O)n2CCCO)C1. The lowest BCUT2D eigenvalue weighted by Crippen LogP contribution is -2.20. The first-order valence-corrected chi connectivity index (χ1v) is 7.40. The van der Waals surface area contributed by atoms with Crippen LogP contribution in [0.15, 0.2) is 4.79 Å². The number of aliphatic hydroxyl groups excluding tert-OH is 1. The van der Waals surface area contributed by atoms with Gasteiger partial charge in [0.2, 0.25) is 0 Å². The van der Waals surface area contributed by atoms with E-state index in [1.165, 1.54) is 41.2 Å². The molecule has 1 aliphatic rings. The van der Waals surface area contributed by atoms with Crippen LogP contribution in [0.5, 0.6) is 0 Å². The number of rotatable bonds is 5. The van der Waals surface area contributed by atoms with Crippen molar-refractivity contribution in [2.24, 2.45) is 5.92 Å². The van der Waals surface area contributed by atoms with Gasteiger partial charge in [0.05, 0.1) is 0 Å². The second kappa shape index (κ2) is 5.83. The van der Waals surface area contributed by atoms with Crippen molar-refractivity contribution in [3.05, 3.63) is 20.2 Å². The second-order valence-corrected chi connectivity index (χ2v) is 5.91. The fourth-order valence-electron chi connectivity index (χ4n) is 2.73. The topological polar surface area (TPSA) is 42.2 Å². The van der Waals surface area contributed by atoms with Crippen LogP contribution < -0.4 is 4.87 Å². The summed E-state index contributed by atoms with van der Waals surface area (Å²) < 4.78 is 1.89. The summed E-state index contributed by atoms with van der Waals surface area (Å²) in [6.45, 7) is 3.07. The molecule has 2 rings (SSSR count). The molecule has 1 N–H and O–H groups in total. The van der Waals surface area contributed by atoms with Gasteiger partial charge in [-0.2, -0.15) is 0 Å². The molecule has 0 bridgehead atoms. The number of aromatic nitrogens is 1. The molecule has 3 nitrogen and oxygen atoms in total. The highest BCUT2D eigenvalue weighted by Crippen LogP contribution is 2.30. The minimum absolute atomic E-state index is 0.162. The Morgan fingerprint density at radius 3 is 3.06 bits per heavy atom. The summed E-state index contributed by atoms with van der Waals surface area (Å²) in [5, 5.41) is 8.86. The van der Waals surface area contributed by atoms with Crippen LogP contribution in [0, 0.1) is 5.92 Å². The van der Waals surface area contributed by atoms with E-state index in [1.54, 1.807) is 0 Å². The third-order valence-corrected chi connectivity index (χ3v) is 4.62. The summed E-state index contributed by atoms with van der Waals surface area (Å²) in [5.74, 6) is 0.775. The molecule has 0 amide bonds. The Morgan fingerprint density at radius 2 is 2.35 bits per heavy atom. The molecule has 4 heteroatoms. The second-order valence-electron chi connectivity index (χ2n) is 4.86. The molecular weight excluding hydrogens is 234 g/mol. The molecular formula is C13H21NO2S. The van der Waals surface area contributed by atoms with Crippen molar-refractivity contribution in [3.8, 4) is 0 Å². The van der Waals surface area contributed by atoms with Crippen LogP contribution in [-0.4, -0.2) is 16.3 Å². The number of hydrogen-bond donors (Lipinski definition) is 1. The average Bonchev–Trinajstić information content (AvgIpc) is 2.62. The molecule has 1 heterocycles. The van der Waals surface area contributed by atoms with E-state index in [0.29, 0.717) is 13.0 Å². The third kappa shape index (κ3) is 2.80. The largest absolute Gasteiger partial charge is 0.396 e. The van der Waals surface area contributed by atoms with E-state index >= 15 is 0 Å². The molecule has 0 spiro atoms. The highest BCUT2D eigenvalue weighted by Gasteiger charge is 2.23. The van der Waals surface area contributed by atoms with Gasteiger partial charge in [-0.05, 0) is 31.6 Å². The molecule has 0 radical (unpaired) electrons. The standard InChI is InChI=1S/C13H21NO2S/c1-2-4-10-5-6-11-12(9-10)17-13(16)14(11)7-3-8-15/h10,15H,2-9H2,1H3. The number of fused-ring (bicyclic) bond motifs is 1. The molecule has 17 heavy (non-hydrogen) atoms. The number of nitrogens with zero attached hydrogens (tertiary/aromatic N) is 1. The predicted octanol–water partition coefficient (Wildman–Crippen LogP) is 2.20. The molecule has 0 saturated heterocycles. The number of aliphatic hydroxyl groups is 1. The zero-order valence-electron chi connectivity index (χ0n) is 10.4. The lowest BCUT2D eigenvalue weighted by molar-refractivity contribution is 0.278. The normalized spacial score (nSPS) is 19.3. The number of thiazole rings is 1. The summed E-state index contributed by atoms with van der Waals surface area (Å²) in [5.41, 5.74) is 1.25. The minimum Gasteiger partial charge on any atom is -0.396 e. The zero-order chi connectivity index (χ0) is 12.3. The monoisotopic (exact) mass is 255 g/mol. The lowest BCUT2D eigenvalue weighted by atomic mass is 9.88. The van der Waals surface area contributed by atoms with Crippen LogP contribution in [0.1, 0.15) is 43.2 Å². The smallest absolute Gasteiger partial charge is 0.307 e. The molecule has 1 aromatic heterocycles. The average molecular weight is 255 g/mol. The molecule has 1 unspecified atom stereocenters. The zero-order valence-corrected chi connectivity index (χ0v) is 11.3. The van der Waals surface area contributed by atoms with E-state index in [0.717, 1.165) is 18.8 Å². The van der Waals surface area contributed by atoms with E-state index in [9.17, 15) is 4.79 Å². The van der Waals surface area contributed by atoms with Gasteiger partial charge in [-0.1, -0.05) is 31.1 Å². The van der Waals surface area contributed by atoms with Crippen molar-refractivity contribution < 1.29 is 5.11 Å². The molecule has 0 saturated carbocycles. The summed E-state index contributed by atoms with van der Waals surface area (Å²) >= 11 is 1.42.